The molecule has 2 heteroatoms. The molecule has 2 rings (SSSR count). The molecule has 1 N–H and O–H groups in total. The Labute approximate surface area is 108 Å². The molecule has 2 aromatic carbocycles. The van der Waals surface area contributed by atoms with Gasteiger partial charge in [0.1, 0.15) is 5.75 Å². The molecule has 0 amide bonds. The minimum absolute atomic E-state index is 0.853. The Kier molecular flexibility index (Phi) is 4.02. The van der Waals surface area contributed by atoms with Gasteiger partial charge in [-0.3, -0.25) is 0 Å². The zero-order valence-electron chi connectivity index (χ0n) is 10.7. The van der Waals surface area contributed by atoms with Gasteiger partial charge in [0.25, 0.3) is 0 Å². The van der Waals surface area contributed by atoms with Crippen LogP contribution in [0.4, 0.5) is 5.69 Å². The molecule has 18 heavy (non-hydrogen) atoms. The molecule has 0 radical (unpaired) electrons. The van der Waals surface area contributed by atoms with Crippen LogP contribution < -0.4 is 10.1 Å². The molecule has 2 nitrogen and oxygen atoms in total. The van der Waals surface area contributed by atoms with Gasteiger partial charge in [0.2, 0.25) is 0 Å². The number of methoxy groups -OCH3 is 1. The maximum atomic E-state index is 5.19. The van der Waals surface area contributed by atoms with Crippen molar-refractivity contribution in [3.05, 3.63) is 66.4 Å². The SMILES string of the molecule is COc1cccc(N/C=C(\C)c2ccccc2)c1. The van der Waals surface area contributed by atoms with Crippen LogP contribution in [0.15, 0.2) is 60.8 Å². The topological polar surface area (TPSA) is 21.3 Å². The lowest BCUT2D eigenvalue weighted by molar-refractivity contribution is 0.415. The number of hydrogen-bond acceptors (Lipinski definition) is 2. The van der Waals surface area contributed by atoms with Crippen LogP contribution in [0.1, 0.15) is 12.5 Å². The first kappa shape index (κ1) is 12.2. The molecule has 0 aliphatic carbocycles. The number of anilines is 1. The minimum Gasteiger partial charge on any atom is -0.497 e. The van der Waals surface area contributed by atoms with Crippen molar-refractivity contribution in [2.45, 2.75) is 6.92 Å². The van der Waals surface area contributed by atoms with E-state index in [0.717, 1.165) is 11.4 Å². The van der Waals surface area contributed by atoms with E-state index in [1.165, 1.54) is 11.1 Å². The summed E-state index contributed by atoms with van der Waals surface area (Å²) < 4.78 is 5.19. The standard InChI is InChI=1S/C16H17NO/c1-13(14-7-4-3-5-8-14)12-17-15-9-6-10-16(11-15)18-2/h3-12,17H,1-2H3/b13-12+. The Morgan fingerprint density at radius 2 is 1.83 bits per heavy atom. The van der Waals surface area contributed by atoms with Crippen molar-refractivity contribution < 1.29 is 4.74 Å². The van der Waals surface area contributed by atoms with Crippen molar-refractivity contribution in [1.29, 1.82) is 0 Å². The van der Waals surface area contributed by atoms with Gasteiger partial charge in [-0.25, -0.2) is 0 Å². The first-order valence-corrected chi connectivity index (χ1v) is 5.92. The third kappa shape index (κ3) is 3.14. The molecule has 0 bridgehead atoms. The van der Waals surface area contributed by atoms with Crippen molar-refractivity contribution >= 4 is 11.3 Å². The molecule has 0 aliphatic heterocycles. The van der Waals surface area contributed by atoms with Gasteiger partial charge in [-0.1, -0.05) is 36.4 Å². The maximum Gasteiger partial charge on any atom is 0.120 e. The summed E-state index contributed by atoms with van der Waals surface area (Å²) in [6.07, 6.45) is 2.00. The number of nitrogens with one attached hydrogen (secondary N) is 1. The molecule has 0 fully saturated rings. The molecular weight excluding hydrogens is 222 g/mol. The fraction of sp³-hybridized carbons (Fsp3) is 0.125. The zero-order valence-corrected chi connectivity index (χ0v) is 10.7. The Balaban J connectivity index is 2.10. The Morgan fingerprint density at radius 1 is 1.06 bits per heavy atom. The minimum atomic E-state index is 0.853. The fourth-order valence-electron chi connectivity index (χ4n) is 1.69. The van der Waals surface area contributed by atoms with E-state index in [0.29, 0.717) is 0 Å². The summed E-state index contributed by atoms with van der Waals surface area (Å²) in [6.45, 7) is 2.09. The summed E-state index contributed by atoms with van der Waals surface area (Å²) in [7, 11) is 1.67. The van der Waals surface area contributed by atoms with Crippen molar-refractivity contribution in [3.63, 3.8) is 0 Å². The van der Waals surface area contributed by atoms with E-state index in [9.17, 15) is 0 Å². The van der Waals surface area contributed by atoms with Crippen LogP contribution in [0.5, 0.6) is 5.75 Å². The van der Waals surface area contributed by atoms with E-state index >= 15 is 0 Å². The van der Waals surface area contributed by atoms with Gasteiger partial charge >= 0.3 is 0 Å². The van der Waals surface area contributed by atoms with Gasteiger partial charge in [-0.15, -0.1) is 0 Å². The van der Waals surface area contributed by atoms with Gasteiger partial charge < -0.3 is 10.1 Å². The van der Waals surface area contributed by atoms with Gasteiger partial charge in [-0.05, 0) is 30.2 Å². The highest BCUT2D eigenvalue weighted by molar-refractivity contribution is 5.66. The molecule has 0 aromatic heterocycles. The van der Waals surface area contributed by atoms with E-state index in [-0.39, 0.29) is 0 Å². The van der Waals surface area contributed by atoms with E-state index in [4.69, 9.17) is 4.74 Å². The van der Waals surface area contributed by atoms with E-state index < -0.39 is 0 Å². The lowest BCUT2D eigenvalue weighted by atomic mass is 10.1. The predicted molar refractivity (Wildman–Crippen MR) is 76.7 cm³/mol. The van der Waals surface area contributed by atoms with Crippen LogP contribution in [0.2, 0.25) is 0 Å². The van der Waals surface area contributed by atoms with Crippen LogP contribution in [0.3, 0.4) is 0 Å². The first-order valence-electron chi connectivity index (χ1n) is 5.92. The number of benzene rings is 2. The first-order chi connectivity index (χ1) is 8.79. The average molecular weight is 239 g/mol. The van der Waals surface area contributed by atoms with Crippen LogP contribution in [-0.4, -0.2) is 7.11 Å². The van der Waals surface area contributed by atoms with Crippen LogP contribution in [0.25, 0.3) is 5.57 Å². The van der Waals surface area contributed by atoms with Gasteiger partial charge in [0, 0.05) is 18.0 Å². The molecule has 0 aliphatic rings. The Bertz CT molecular complexity index is 532. The quantitative estimate of drug-likeness (QED) is 0.864. The normalized spacial score (nSPS) is 11.1. The number of hydrogen-bond donors (Lipinski definition) is 1. The summed E-state index contributed by atoms with van der Waals surface area (Å²) in [4.78, 5) is 0. The average Bonchev–Trinajstić information content (AvgIpc) is 2.46. The van der Waals surface area contributed by atoms with Crippen molar-refractivity contribution in [2.24, 2.45) is 0 Å². The highest BCUT2D eigenvalue weighted by atomic mass is 16.5. The second kappa shape index (κ2) is 5.92. The molecule has 0 unspecified atom stereocenters. The van der Waals surface area contributed by atoms with Crippen molar-refractivity contribution in [2.75, 3.05) is 12.4 Å². The lowest BCUT2D eigenvalue weighted by Crippen LogP contribution is -1.91. The summed E-state index contributed by atoms with van der Waals surface area (Å²) in [5.41, 5.74) is 3.43. The second-order valence-electron chi connectivity index (χ2n) is 4.07. The number of ether oxygens (including phenoxy) is 1. The molecule has 2 aromatic rings. The fourth-order valence-corrected chi connectivity index (χ4v) is 1.69. The molecule has 0 saturated heterocycles. The third-order valence-electron chi connectivity index (χ3n) is 2.75. The Morgan fingerprint density at radius 3 is 2.56 bits per heavy atom. The predicted octanol–water partition coefficient (Wildman–Crippen LogP) is 4.17. The third-order valence-corrected chi connectivity index (χ3v) is 2.75. The zero-order chi connectivity index (χ0) is 12.8. The van der Waals surface area contributed by atoms with Crippen molar-refractivity contribution in [1.82, 2.24) is 0 Å². The smallest absolute Gasteiger partial charge is 0.120 e. The van der Waals surface area contributed by atoms with Gasteiger partial charge in [-0.2, -0.15) is 0 Å². The monoisotopic (exact) mass is 239 g/mol. The van der Waals surface area contributed by atoms with E-state index in [1.807, 2.05) is 48.7 Å². The van der Waals surface area contributed by atoms with Crippen molar-refractivity contribution in [3.8, 4) is 5.75 Å². The second-order valence-corrected chi connectivity index (χ2v) is 4.07. The van der Waals surface area contributed by atoms with Crippen LogP contribution >= 0.6 is 0 Å². The summed E-state index contributed by atoms with van der Waals surface area (Å²) in [6, 6.07) is 18.2. The van der Waals surface area contributed by atoms with E-state index in [1.54, 1.807) is 7.11 Å². The van der Waals surface area contributed by atoms with Crippen LogP contribution in [-0.2, 0) is 0 Å². The van der Waals surface area contributed by atoms with Crippen LogP contribution in [0, 0.1) is 0 Å². The Hall–Kier alpha value is -2.22. The number of allylic oxidation sites excluding steroid dienone is 1. The maximum absolute atomic E-state index is 5.19. The summed E-state index contributed by atoms with van der Waals surface area (Å²) >= 11 is 0. The largest absolute Gasteiger partial charge is 0.497 e. The highest BCUT2D eigenvalue weighted by Gasteiger charge is 1.95. The summed E-state index contributed by atoms with van der Waals surface area (Å²) in [5, 5.41) is 3.28. The molecular formula is C16H17NO. The molecule has 92 valence electrons. The lowest BCUT2D eigenvalue weighted by Gasteiger charge is -2.06. The molecule has 0 saturated carbocycles. The molecule has 0 atom stereocenters. The summed E-state index contributed by atoms with van der Waals surface area (Å²) in [5.74, 6) is 0.853. The molecule has 0 spiro atoms. The molecule has 0 heterocycles. The highest BCUT2D eigenvalue weighted by Crippen LogP contribution is 2.18. The van der Waals surface area contributed by atoms with Gasteiger partial charge in [0.05, 0.1) is 7.11 Å². The number of rotatable bonds is 4. The van der Waals surface area contributed by atoms with Gasteiger partial charge in [0.15, 0.2) is 0 Å². The van der Waals surface area contributed by atoms with E-state index in [2.05, 4.69) is 24.4 Å².